The maximum atomic E-state index is 13.0. The standard InChI is InChI=1S/C19H28N2O4/c22-19(20-17-6-1-7-18-16(17)8-11-25-18)21(12-14-4-2-9-23-14)13-15-5-3-10-24-15/h2,4,9,15-18H,1,3,5-8,10-13H2,(H,20,22)/t15-,16+,17-,18+/m1/s1. The van der Waals surface area contributed by atoms with Crippen LogP contribution in [0.2, 0.25) is 0 Å². The minimum absolute atomic E-state index is 0.00977. The number of ether oxygens (including phenoxy) is 2. The summed E-state index contributed by atoms with van der Waals surface area (Å²) < 4.78 is 17.0. The van der Waals surface area contributed by atoms with Gasteiger partial charge >= 0.3 is 6.03 Å². The molecule has 3 fully saturated rings. The fourth-order valence-electron chi connectivity index (χ4n) is 4.45. The predicted molar refractivity (Wildman–Crippen MR) is 92.1 cm³/mol. The van der Waals surface area contributed by atoms with Crippen LogP contribution < -0.4 is 5.32 Å². The number of furan rings is 1. The van der Waals surface area contributed by atoms with E-state index in [-0.39, 0.29) is 18.2 Å². The van der Waals surface area contributed by atoms with E-state index >= 15 is 0 Å². The summed E-state index contributed by atoms with van der Waals surface area (Å²) in [7, 11) is 0. The molecule has 6 heteroatoms. The number of amides is 2. The van der Waals surface area contributed by atoms with Gasteiger partial charge in [0, 0.05) is 31.7 Å². The van der Waals surface area contributed by atoms with Crippen molar-refractivity contribution < 1.29 is 18.7 Å². The number of urea groups is 1. The molecule has 2 saturated heterocycles. The Bertz CT molecular complexity index is 556. The van der Waals surface area contributed by atoms with Gasteiger partial charge in [0.1, 0.15) is 5.76 Å². The number of hydrogen-bond acceptors (Lipinski definition) is 4. The smallest absolute Gasteiger partial charge is 0.318 e. The highest BCUT2D eigenvalue weighted by atomic mass is 16.5. The third-order valence-electron chi connectivity index (χ3n) is 5.75. The van der Waals surface area contributed by atoms with E-state index in [9.17, 15) is 4.79 Å². The van der Waals surface area contributed by atoms with Gasteiger partial charge in [0.2, 0.25) is 0 Å². The Morgan fingerprint density at radius 2 is 2.12 bits per heavy atom. The highest BCUT2D eigenvalue weighted by Gasteiger charge is 2.39. The molecule has 6 nitrogen and oxygen atoms in total. The normalized spacial score (nSPS) is 31.7. The van der Waals surface area contributed by atoms with Crippen LogP contribution in [0.3, 0.4) is 0 Å². The summed E-state index contributed by atoms with van der Waals surface area (Å²) in [5.41, 5.74) is 0. The van der Waals surface area contributed by atoms with Crippen LogP contribution in [0.15, 0.2) is 22.8 Å². The largest absolute Gasteiger partial charge is 0.467 e. The van der Waals surface area contributed by atoms with Gasteiger partial charge in [-0.05, 0) is 50.7 Å². The number of nitrogens with one attached hydrogen (secondary N) is 1. The predicted octanol–water partition coefficient (Wildman–Crippen LogP) is 2.93. The average Bonchev–Trinajstić information content (AvgIpc) is 3.37. The molecule has 3 heterocycles. The highest BCUT2D eigenvalue weighted by molar-refractivity contribution is 5.74. The van der Waals surface area contributed by atoms with Gasteiger partial charge in [-0.25, -0.2) is 4.79 Å². The quantitative estimate of drug-likeness (QED) is 0.889. The van der Waals surface area contributed by atoms with Gasteiger partial charge in [-0.1, -0.05) is 0 Å². The minimum Gasteiger partial charge on any atom is -0.467 e. The number of carbonyl (C=O) groups is 1. The van der Waals surface area contributed by atoms with Crippen LogP contribution in [-0.2, 0) is 16.0 Å². The molecule has 0 radical (unpaired) electrons. The maximum absolute atomic E-state index is 13.0. The number of carbonyl (C=O) groups excluding carboxylic acids is 1. The lowest BCUT2D eigenvalue weighted by molar-refractivity contribution is 0.0510. The summed E-state index contributed by atoms with van der Waals surface area (Å²) >= 11 is 0. The topological polar surface area (TPSA) is 63.9 Å². The van der Waals surface area contributed by atoms with Gasteiger partial charge in [-0.3, -0.25) is 0 Å². The molecule has 0 aromatic carbocycles. The zero-order valence-corrected chi connectivity index (χ0v) is 14.7. The summed E-state index contributed by atoms with van der Waals surface area (Å²) in [5.74, 6) is 1.27. The first-order valence-corrected chi connectivity index (χ1v) is 9.60. The molecule has 0 unspecified atom stereocenters. The Morgan fingerprint density at radius 3 is 2.92 bits per heavy atom. The Labute approximate surface area is 148 Å². The molecule has 4 atom stereocenters. The monoisotopic (exact) mass is 348 g/mol. The Hall–Kier alpha value is -1.53. The summed E-state index contributed by atoms with van der Waals surface area (Å²) in [6.07, 6.45) is 8.56. The molecule has 2 aliphatic heterocycles. The highest BCUT2D eigenvalue weighted by Crippen LogP contribution is 2.34. The van der Waals surface area contributed by atoms with Crippen LogP contribution in [0, 0.1) is 5.92 Å². The summed E-state index contributed by atoms with van der Waals surface area (Å²) in [6.45, 7) is 2.72. The van der Waals surface area contributed by atoms with E-state index in [4.69, 9.17) is 13.9 Å². The molecule has 1 aromatic heterocycles. The van der Waals surface area contributed by atoms with Gasteiger partial charge in [0.25, 0.3) is 0 Å². The van der Waals surface area contributed by atoms with Crippen molar-refractivity contribution in [2.75, 3.05) is 19.8 Å². The van der Waals surface area contributed by atoms with E-state index in [1.54, 1.807) is 6.26 Å². The van der Waals surface area contributed by atoms with Crippen molar-refractivity contribution in [1.82, 2.24) is 10.2 Å². The molecule has 0 spiro atoms. The molecule has 2 amide bonds. The van der Waals surface area contributed by atoms with Gasteiger partial charge in [-0.2, -0.15) is 0 Å². The zero-order chi connectivity index (χ0) is 17.1. The lowest BCUT2D eigenvalue weighted by Gasteiger charge is -2.35. The fraction of sp³-hybridized carbons (Fsp3) is 0.737. The van der Waals surface area contributed by atoms with Crippen molar-refractivity contribution in [2.24, 2.45) is 5.92 Å². The third kappa shape index (κ3) is 4.01. The summed E-state index contributed by atoms with van der Waals surface area (Å²) in [5, 5.41) is 3.29. The van der Waals surface area contributed by atoms with E-state index < -0.39 is 0 Å². The van der Waals surface area contributed by atoms with Crippen LogP contribution in [0.25, 0.3) is 0 Å². The maximum Gasteiger partial charge on any atom is 0.318 e. The molecular weight excluding hydrogens is 320 g/mol. The average molecular weight is 348 g/mol. The number of rotatable bonds is 5. The van der Waals surface area contributed by atoms with Gasteiger partial charge < -0.3 is 24.1 Å². The molecule has 1 saturated carbocycles. The van der Waals surface area contributed by atoms with Crippen molar-refractivity contribution >= 4 is 6.03 Å². The second-order valence-corrected chi connectivity index (χ2v) is 7.44. The molecule has 4 rings (SSSR count). The molecular formula is C19H28N2O4. The Balaban J connectivity index is 1.40. The second kappa shape index (κ2) is 7.79. The van der Waals surface area contributed by atoms with Crippen LogP contribution in [0.1, 0.15) is 44.3 Å². The number of fused-ring (bicyclic) bond motifs is 1. The Kier molecular flexibility index (Phi) is 5.27. The third-order valence-corrected chi connectivity index (χ3v) is 5.75. The second-order valence-electron chi connectivity index (χ2n) is 7.44. The molecule has 25 heavy (non-hydrogen) atoms. The fourth-order valence-corrected chi connectivity index (χ4v) is 4.45. The van der Waals surface area contributed by atoms with Crippen molar-refractivity contribution in [2.45, 2.75) is 63.3 Å². The van der Waals surface area contributed by atoms with Gasteiger partial charge in [-0.15, -0.1) is 0 Å². The van der Waals surface area contributed by atoms with Gasteiger partial charge in [0.15, 0.2) is 0 Å². The first-order valence-electron chi connectivity index (χ1n) is 9.60. The number of nitrogens with zero attached hydrogens (tertiary/aromatic N) is 1. The summed E-state index contributed by atoms with van der Waals surface area (Å²) in [4.78, 5) is 14.8. The van der Waals surface area contributed by atoms with Crippen molar-refractivity contribution in [1.29, 1.82) is 0 Å². The van der Waals surface area contributed by atoms with E-state index in [1.165, 1.54) is 0 Å². The van der Waals surface area contributed by atoms with Crippen LogP contribution >= 0.6 is 0 Å². The van der Waals surface area contributed by atoms with Crippen LogP contribution in [0.5, 0.6) is 0 Å². The van der Waals surface area contributed by atoms with Gasteiger partial charge in [0.05, 0.1) is 25.0 Å². The molecule has 1 aliphatic carbocycles. The lowest BCUT2D eigenvalue weighted by Crippen LogP contribution is -2.51. The van der Waals surface area contributed by atoms with Crippen LogP contribution in [0.4, 0.5) is 4.79 Å². The first kappa shape index (κ1) is 16.9. The molecule has 0 bridgehead atoms. The van der Waals surface area contributed by atoms with Crippen molar-refractivity contribution in [3.63, 3.8) is 0 Å². The molecule has 3 aliphatic rings. The zero-order valence-electron chi connectivity index (χ0n) is 14.7. The number of hydrogen-bond donors (Lipinski definition) is 1. The first-order chi connectivity index (χ1) is 12.3. The molecule has 1 aromatic rings. The van der Waals surface area contributed by atoms with Crippen LogP contribution in [-0.4, -0.2) is 48.9 Å². The van der Waals surface area contributed by atoms with E-state index in [0.29, 0.717) is 25.1 Å². The minimum atomic E-state index is -0.00977. The van der Waals surface area contributed by atoms with E-state index in [2.05, 4.69) is 5.32 Å². The molecule has 138 valence electrons. The van der Waals surface area contributed by atoms with E-state index in [0.717, 1.165) is 57.5 Å². The summed E-state index contributed by atoms with van der Waals surface area (Å²) in [6, 6.07) is 3.98. The van der Waals surface area contributed by atoms with E-state index in [1.807, 2.05) is 17.0 Å². The van der Waals surface area contributed by atoms with Crippen molar-refractivity contribution in [3.8, 4) is 0 Å². The molecule has 1 N–H and O–H groups in total. The lowest BCUT2D eigenvalue weighted by atomic mass is 9.82. The van der Waals surface area contributed by atoms with Crippen molar-refractivity contribution in [3.05, 3.63) is 24.2 Å². The Morgan fingerprint density at radius 1 is 1.16 bits per heavy atom. The SMILES string of the molecule is O=C(N[C@@H]1CCC[C@@H]2OCC[C@H]21)N(Cc1ccco1)C[C@H]1CCCO1.